The van der Waals surface area contributed by atoms with E-state index in [1.54, 1.807) is 14.2 Å². The summed E-state index contributed by atoms with van der Waals surface area (Å²) in [7, 11) is 3.25. The number of halogens is 1. The van der Waals surface area contributed by atoms with E-state index in [4.69, 9.17) is 9.47 Å². The van der Waals surface area contributed by atoms with Gasteiger partial charge >= 0.3 is 0 Å². The molecule has 1 aliphatic rings. The number of anilines is 1. The van der Waals surface area contributed by atoms with E-state index in [9.17, 15) is 4.79 Å². The van der Waals surface area contributed by atoms with Gasteiger partial charge in [0.2, 0.25) is 0 Å². The van der Waals surface area contributed by atoms with Gasteiger partial charge in [-0.05, 0) is 55.7 Å². The molecule has 0 bridgehead atoms. The number of amides is 1. The molecule has 2 aromatic rings. The zero-order valence-electron chi connectivity index (χ0n) is 15.3. The van der Waals surface area contributed by atoms with Gasteiger partial charge in [-0.15, -0.1) is 12.4 Å². The predicted molar refractivity (Wildman–Crippen MR) is 106 cm³/mol. The van der Waals surface area contributed by atoms with Gasteiger partial charge < -0.3 is 20.1 Å². The second-order valence-corrected chi connectivity index (χ2v) is 6.17. The minimum Gasteiger partial charge on any atom is -0.497 e. The van der Waals surface area contributed by atoms with E-state index < -0.39 is 0 Å². The molecule has 0 spiro atoms. The number of ether oxygens (including phenoxy) is 2. The van der Waals surface area contributed by atoms with Gasteiger partial charge in [0.25, 0.3) is 5.91 Å². The van der Waals surface area contributed by atoms with E-state index in [1.807, 2.05) is 43.3 Å². The maximum Gasteiger partial charge on any atom is 0.252 e. The SMILES string of the molecule is COc1ccc(OC)c(C(C)NC(=O)c2cccc3c2CCCN3)c1.Cl. The van der Waals surface area contributed by atoms with Crippen LogP contribution in [0, 0.1) is 0 Å². The fourth-order valence-corrected chi connectivity index (χ4v) is 3.25. The Balaban J connectivity index is 0.00000243. The molecule has 2 N–H and O–H groups in total. The van der Waals surface area contributed by atoms with Crippen molar-refractivity contribution in [3.05, 3.63) is 53.1 Å². The molecule has 0 fully saturated rings. The first-order valence-electron chi connectivity index (χ1n) is 8.52. The minimum atomic E-state index is -0.204. The van der Waals surface area contributed by atoms with Crippen LogP contribution in [0.1, 0.15) is 40.9 Å². The first kappa shape index (κ1) is 19.9. The van der Waals surface area contributed by atoms with Crippen molar-refractivity contribution in [2.45, 2.75) is 25.8 Å². The third kappa shape index (κ3) is 4.05. The number of hydrogen-bond acceptors (Lipinski definition) is 4. The predicted octanol–water partition coefficient (Wildman–Crippen LogP) is 3.97. The summed E-state index contributed by atoms with van der Waals surface area (Å²) in [6.07, 6.45) is 1.96. The Morgan fingerprint density at radius 3 is 2.73 bits per heavy atom. The molecule has 140 valence electrons. The summed E-state index contributed by atoms with van der Waals surface area (Å²) in [5, 5.41) is 6.45. The molecule has 6 heteroatoms. The van der Waals surface area contributed by atoms with Gasteiger partial charge in [0.1, 0.15) is 11.5 Å². The quantitative estimate of drug-likeness (QED) is 0.828. The Morgan fingerprint density at radius 2 is 2.00 bits per heavy atom. The van der Waals surface area contributed by atoms with Crippen molar-refractivity contribution >= 4 is 24.0 Å². The first-order chi connectivity index (χ1) is 12.1. The number of benzene rings is 2. The smallest absolute Gasteiger partial charge is 0.252 e. The number of methoxy groups -OCH3 is 2. The summed E-state index contributed by atoms with van der Waals surface area (Å²) in [6, 6.07) is 11.2. The minimum absolute atomic E-state index is 0. The molecule has 0 saturated heterocycles. The van der Waals surface area contributed by atoms with E-state index in [0.717, 1.165) is 53.3 Å². The van der Waals surface area contributed by atoms with E-state index in [0.29, 0.717) is 0 Å². The van der Waals surface area contributed by atoms with Crippen molar-refractivity contribution < 1.29 is 14.3 Å². The molecule has 3 rings (SSSR count). The van der Waals surface area contributed by atoms with E-state index in [-0.39, 0.29) is 24.4 Å². The average Bonchev–Trinajstić information content (AvgIpc) is 2.66. The molecule has 5 nitrogen and oxygen atoms in total. The first-order valence-corrected chi connectivity index (χ1v) is 8.52. The van der Waals surface area contributed by atoms with Gasteiger partial charge in [0.05, 0.1) is 20.3 Å². The van der Waals surface area contributed by atoms with Crippen molar-refractivity contribution in [3.8, 4) is 11.5 Å². The van der Waals surface area contributed by atoms with Crippen LogP contribution in [-0.2, 0) is 6.42 Å². The van der Waals surface area contributed by atoms with Crippen LogP contribution in [0.4, 0.5) is 5.69 Å². The van der Waals surface area contributed by atoms with Gasteiger partial charge in [-0.1, -0.05) is 6.07 Å². The van der Waals surface area contributed by atoms with Crippen molar-refractivity contribution in [1.82, 2.24) is 5.32 Å². The van der Waals surface area contributed by atoms with Crippen LogP contribution in [0.2, 0.25) is 0 Å². The molecule has 1 amide bonds. The Kier molecular flexibility index (Phi) is 6.75. The van der Waals surface area contributed by atoms with Crippen LogP contribution >= 0.6 is 12.4 Å². The Hall–Kier alpha value is -2.40. The van der Waals surface area contributed by atoms with Crippen LogP contribution in [0.25, 0.3) is 0 Å². The Labute approximate surface area is 160 Å². The van der Waals surface area contributed by atoms with Crippen molar-refractivity contribution in [2.75, 3.05) is 26.1 Å². The third-order valence-electron chi connectivity index (χ3n) is 4.59. The van der Waals surface area contributed by atoms with E-state index in [1.165, 1.54) is 0 Å². The summed E-state index contributed by atoms with van der Waals surface area (Å²) in [6.45, 7) is 2.90. The molecule has 1 aliphatic heterocycles. The standard InChI is InChI=1S/C20H24N2O3.ClH/c1-13(17-12-14(24-2)9-10-19(17)25-3)22-20(23)16-6-4-8-18-15(16)7-5-11-21-18;/h4,6,8-10,12-13,21H,5,7,11H2,1-3H3,(H,22,23);1H. The molecule has 1 heterocycles. The molecule has 1 atom stereocenters. The number of fused-ring (bicyclic) bond motifs is 1. The normalized spacial score (nSPS) is 13.5. The molecule has 2 aromatic carbocycles. The molecular formula is C20H25ClN2O3. The van der Waals surface area contributed by atoms with Gasteiger partial charge in [-0.3, -0.25) is 4.79 Å². The van der Waals surface area contributed by atoms with E-state index in [2.05, 4.69) is 10.6 Å². The van der Waals surface area contributed by atoms with Crippen LogP contribution in [-0.4, -0.2) is 26.7 Å². The monoisotopic (exact) mass is 376 g/mol. The van der Waals surface area contributed by atoms with Crippen LogP contribution in [0.15, 0.2) is 36.4 Å². The lowest BCUT2D eigenvalue weighted by atomic mass is 9.96. The van der Waals surface area contributed by atoms with Gasteiger partial charge in [-0.2, -0.15) is 0 Å². The Morgan fingerprint density at radius 1 is 1.19 bits per heavy atom. The summed E-state index contributed by atoms with van der Waals surface area (Å²) in [4.78, 5) is 12.8. The highest BCUT2D eigenvalue weighted by molar-refractivity contribution is 5.97. The van der Waals surface area contributed by atoms with Gasteiger partial charge in [0.15, 0.2) is 0 Å². The number of nitrogens with one attached hydrogen (secondary N) is 2. The summed E-state index contributed by atoms with van der Waals surface area (Å²) in [5.41, 5.74) is 3.78. The topological polar surface area (TPSA) is 59.6 Å². The lowest BCUT2D eigenvalue weighted by molar-refractivity contribution is 0.0938. The molecule has 26 heavy (non-hydrogen) atoms. The van der Waals surface area contributed by atoms with Crippen LogP contribution in [0.5, 0.6) is 11.5 Å². The van der Waals surface area contributed by atoms with Crippen molar-refractivity contribution in [3.63, 3.8) is 0 Å². The molecule has 1 unspecified atom stereocenters. The number of hydrogen-bond donors (Lipinski definition) is 2. The fraction of sp³-hybridized carbons (Fsp3) is 0.350. The third-order valence-corrected chi connectivity index (χ3v) is 4.59. The molecule has 0 aromatic heterocycles. The summed E-state index contributed by atoms with van der Waals surface area (Å²) >= 11 is 0. The largest absolute Gasteiger partial charge is 0.497 e. The second-order valence-electron chi connectivity index (χ2n) is 6.17. The van der Waals surface area contributed by atoms with Crippen molar-refractivity contribution in [2.24, 2.45) is 0 Å². The van der Waals surface area contributed by atoms with Crippen LogP contribution < -0.4 is 20.1 Å². The summed E-state index contributed by atoms with van der Waals surface area (Å²) in [5.74, 6) is 1.39. The fourth-order valence-electron chi connectivity index (χ4n) is 3.25. The van der Waals surface area contributed by atoms with Gasteiger partial charge in [0, 0.05) is 23.4 Å². The lowest BCUT2D eigenvalue weighted by Crippen LogP contribution is -2.29. The highest BCUT2D eigenvalue weighted by Gasteiger charge is 2.20. The maximum absolute atomic E-state index is 12.8. The highest BCUT2D eigenvalue weighted by Crippen LogP contribution is 2.30. The van der Waals surface area contributed by atoms with Crippen LogP contribution in [0.3, 0.4) is 0 Å². The average molecular weight is 377 g/mol. The number of carbonyl (C=O) groups excluding carboxylic acids is 1. The molecule has 0 saturated carbocycles. The molecule has 0 aliphatic carbocycles. The highest BCUT2D eigenvalue weighted by atomic mass is 35.5. The zero-order valence-corrected chi connectivity index (χ0v) is 16.1. The molecule has 0 radical (unpaired) electrons. The number of rotatable bonds is 5. The summed E-state index contributed by atoms with van der Waals surface area (Å²) < 4.78 is 10.7. The Bertz CT molecular complexity index is 780. The second kappa shape index (κ2) is 8.81. The lowest BCUT2D eigenvalue weighted by Gasteiger charge is -2.22. The maximum atomic E-state index is 12.8. The van der Waals surface area contributed by atoms with E-state index >= 15 is 0 Å². The van der Waals surface area contributed by atoms with Crippen molar-refractivity contribution in [1.29, 1.82) is 0 Å². The van der Waals surface area contributed by atoms with Gasteiger partial charge in [-0.25, -0.2) is 0 Å². The zero-order chi connectivity index (χ0) is 17.8. The molecular weight excluding hydrogens is 352 g/mol. The number of carbonyl (C=O) groups is 1.